The molecule has 94 valence electrons. The van der Waals surface area contributed by atoms with Gasteiger partial charge in [0, 0.05) is 0 Å². The maximum Gasteiger partial charge on any atom is 0.193 e. The molecule has 0 aliphatic heterocycles. The van der Waals surface area contributed by atoms with Crippen LogP contribution in [0.15, 0.2) is 30.3 Å². The van der Waals surface area contributed by atoms with Crippen LogP contribution in [0, 0.1) is 0 Å². The van der Waals surface area contributed by atoms with Gasteiger partial charge in [-0.15, -0.1) is 0 Å². The van der Waals surface area contributed by atoms with Gasteiger partial charge < -0.3 is 9.22 Å². The Labute approximate surface area is 105 Å². The molecule has 0 aliphatic carbocycles. The molecule has 0 amide bonds. The number of hydrogen-bond donors (Lipinski definition) is 0. The average Bonchev–Trinajstić information content (AvgIpc) is 2.25. The van der Waals surface area contributed by atoms with Crippen molar-refractivity contribution in [2.24, 2.45) is 0 Å². The molecule has 1 aromatic carbocycles. The molecule has 0 N–H and O–H groups in total. The first kappa shape index (κ1) is 14.1. The van der Waals surface area contributed by atoms with Crippen LogP contribution in [0.2, 0.25) is 18.1 Å². The summed E-state index contributed by atoms with van der Waals surface area (Å²) in [5, 5.41) is 0.114. The average molecular weight is 250 g/mol. The summed E-state index contributed by atoms with van der Waals surface area (Å²) in [5.74, 6) is 0. The van der Waals surface area contributed by atoms with Gasteiger partial charge in [-0.25, -0.2) is 0 Å². The molecule has 1 atom stereocenters. The van der Waals surface area contributed by atoms with E-state index in [1.54, 1.807) is 0 Å². The Morgan fingerprint density at radius 3 is 2.12 bits per heavy atom. The second-order valence-electron chi connectivity index (χ2n) is 5.85. The minimum atomic E-state index is -1.90. The first-order valence-corrected chi connectivity index (χ1v) is 8.87. The van der Waals surface area contributed by atoms with E-state index in [-0.39, 0.29) is 5.04 Å². The van der Waals surface area contributed by atoms with Crippen LogP contribution in [0.5, 0.6) is 0 Å². The first-order chi connectivity index (χ1) is 7.78. The molecule has 0 radical (unpaired) electrons. The summed E-state index contributed by atoms with van der Waals surface area (Å²) in [5.41, 5.74) is 0.937. The quantitative estimate of drug-likeness (QED) is 0.597. The van der Waals surface area contributed by atoms with E-state index in [0.29, 0.717) is 0 Å². The summed E-state index contributed by atoms with van der Waals surface area (Å²) in [6.07, 6.45) is 0.465. The van der Waals surface area contributed by atoms with Gasteiger partial charge in [0.05, 0.1) is 0 Å². The Bertz CT molecular complexity index is 366. The Morgan fingerprint density at radius 2 is 1.71 bits per heavy atom. The van der Waals surface area contributed by atoms with E-state index >= 15 is 0 Å². The van der Waals surface area contributed by atoms with Crippen molar-refractivity contribution in [3.63, 3.8) is 0 Å². The standard InChI is InChI=1S/C14H22O2Si/c1-14(2,3)17(4,5)16-13(11-15)12-9-7-6-8-10-12/h6-11,13H,1-5H3/t13-/m1/s1. The second-order valence-corrected chi connectivity index (χ2v) is 10.6. The van der Waals surface area contributed by atoms with Crippen molar-refractivity contribution in [2.45, 2.75) is 45.0 Å². The number of benzene rings is 1. The molecule has 17 heavy (non-hydrogen) atoms. The number of aldehydes is 1. The third-order valence-electron chi connectivity index (χ3n) is 3.48. The smallest absolute Gasteiger partial charge is 0.193 e. The molecular formula is C14H22O2Si. The van der Waals surface area contributed by atoms with Crippen LogP contribution in [0.1, 0.15) is 32.4 Å². The molecule has 0 aromatic heterocycles. The van der Waals surface area contributed by atoms with E-state index in [0.717, 1.165) is 11.8 Å². The first-order valence-electron chi connectivity index (χ1n) is 5.96. The summed E-state index contributed by atoms with van der Waals surface area (Å²) in [4.78, 5) is 11.2. The lowest BCUT2D eigenvalue weighted by Gasteiger charge is -2.38. The van der Waals surface area contributed by atoms with Crippen molar-refractivity contribution in [1.82, 2.24) is 0 Å². The van der Waals surface area contributed by atoms with E-state index in [1.165, 1.54) is 0 Å². The van der Waals surface area contributed by atoms with Crippen LogP contribution < -0.4 is 0 Å². The van der Waals surface area contributed by atoms with Gasteiger partial charge in [0.2, 0.25) is 0 Å². The third-order valence-corrected chi connectivity index (χ3v) is 7.94. The van der Waals surface area contributed by atoms with Gasteiger partial charge in [0.25, 0.3) is 0 Å². The molecule has 0 unspecified atom stereocenters. The van der Waals surface area contributed by atoms with Crippen molar-refractivity contribution in [3.8, 4) is 0 Å². The van der Waals surface area contributed by atoms with Crippen molar-refractivity contribution >= 4 is 14.6 Å². The highest BCUT2D eigenvalue weighted by Crippen LogP contribution is 2.39. The molecular weight excluding hydrogens is 228 g/mol. The lowest BCUT2D eigenvalue weighted by molar-refractivity contribution is -0.114. The van der Waals surface area contributed by atoms with Crippen LogP contribution in [-0.4, -0.2) is 14.6 Å². The number of rotatable bonds is 4. The summed E-state index contributed by atoms with van der Waals surface area (Å²) in [6.45, 7) is 10.8. The van der Waals surface area contributed by atoms with Crippen molar-refractivity contribution < 1.29 is 9.22 Å². The highest BCUT2D eigenvalue weighted by atomic mass is 28.4. The highest BCUT2D eigenvalue weighted by Gasteiger charge is 2.39. The van der Waals surface area contributed by atoms with Crippen molar-refractivity contribution in [3.05, 3.63) is 35.9 Å². The predicted molar refractivity (Wildman–Crippen MR) is 73.5 cm³/mol. The predicted octanol–water partition coefficient (Wildman–Crippen LogP) is 3.95. The van der Waals surface area contributed by atoms with E-state index in [2.05, 4.69) is 33.9 Å². The Balaban J connectivity index is 2.89. The molecule has 2 nitrogen and oxygen atoms in total. The number of hydrogen-bond acceptors (Lipinski definition) is 2. The maximum atomic E-state index is 11.2. The molecule has 0 spiro atoms. The Hall–Kier alpha value is -0.933. The van der Waals surface area contributed by atoms with Crippen LogP contribution >= 0.6 is 0 Å². The van der Waals surface area contributed by atoms with E-state index in [1.807, 2.05) is 30.3 Å². The summed E-state index contributed by atoms with van der Waals surface area (Å²) < 4.78 is 6.11. The zero-order chi connectivity index (χ0) is 13.1. The molecule has 1 rings (SSSR count). The number of carbonyl (C=O) groups excluding carboxylic acids is 1. The summed E-state index contributed by atoms with van der Waals surface area (Å²) in [7, 11) is -1.90. The van der Waals surface area contributed by atoms with Crippen molar-refractivity contribution in [2.75, 3.05) is 0 Å². The minimum absolute atomic E-state index is 0.114. The largest absolute Gasteiger partial charge is 0.403 e. The molecule has 3 heteroatoms. The van der Waals surface area contributed by atoms with Crippen LogP contribution in [0.25, 0.3) is 0 Å². The van der Waals surface area contributed by atoms with Crippen LogP contribution in [-0.2, 0) is 9.22 Å². The van der Waals surface area contributed by atoms with E-state index in [9.17, 15) is 4.79 Å². The van der Waals surface area contributed by atoms with E-state index < -0.39 is 14.4 Å². The lowest BCUT2D eigenvalue weighted by atomic mass is 10.1. The normalized spacial score (nSPS) is 14.4. The SMILES string of the molecule is CC(C)(C)[Si](C)(C)O[C@H](C=O)c1ccccc1. The van der Waals surface area contributed by atoms with Crippen molar-refractivity contribution in [1.29, 1.82) is 0 Å². The third kappa shape index (κ3) is 3.51. The van der Waals surface area contributed by atoms with Gasteiger partial charge in [0.1, 0.15) is 6.10 Å². The molecule has 0 aliphatic rings. The molecule has 0 heterocycles. The fourth-order valence-electron chi connectivity index (χ4n) is 1.31. The summed E-state index contributed by atoms with van der Waals surface area (Å²) in [6, 6.07) is 9.68. The molecule has 0 bridgehead atoms. The monoisotopic (exact) mass is 250 g/mol. The Morgan fingerprint density at radius 1 is 1.18 bits per heavy atom. The molecule has 1 aromatic rings. The second kappa shape index (κ2) is 5.15. The van der Waals surface area contributed by atoms with E-state index in [4.69, 9.17) is 4.43 Å². The van der Waals surface area contributed by atoms with Gasteiger partial charge in [-0.2, -0.15) is 0 Å². The molecule has 0 saturated heterocycles. The zero-order valence-electron chi connectivity index (χ0n) is 11.4. The summed E-state index contributed by atoms with van der Waals surface area (Å²) >= 11 is 0. The maximum absolute atomic E-state index is 11.2. The van der Waals surface area contributed by atoms with Gasteiger partial charge in [-0.05, 0) is 23.7 Å². The Kier molecular flexibility index (Phi) is 4.28. The minimum Gasteiger partial charge on any atom is -0.403 e. The topological polar surface area (TPSA) is 26.3 Å². The number of carbonyl (C=O) groups is 1. The van der Waals surface area contributed by atoms with Gasteiger partial charge in [-0.1, -0.05) is 51.1 Å². The molecule has 0 saturated carbocycles. The van der Waals surface area contributed by atoms with Crippen LogP contribution in [0.4, 0.5) is 0 Å². The fourth-order valence-corrected chi connectivity index (χ4v) is 2.49. The zero-order valence-corrected chi connectivity index (χ0v) is 12.4. The lowest BCUT2D eigenvalue weighted by Crippen LogP contribution is -2.42. The van der Waals surface area contributed by atoms with Gasteiger partial charge in [0.15, 0.2) is 14.6 Å². The van der Waals surface area contributed by atoms with Crippen LogP contribution in [0.3, 0.4) is 0 Å². The van der Waals surface area contributed by atoms with Gasteiger partial charge in [-0.3, -0.25) is 0 Å². The van der Waals surface area contributed by atoms with Gasteiger partial charge >= 0.3 is 0 Å². The highest BCUT2D eigenvalue weighted by molar-refractivity contribution is 6.74. The molecule has 0 fully saturated rings. The fraction of sp³-hybridized carbons (Fsp3) is 0.500.